The number of nitrogens with zero attached hydrogens (tertiary/aromatic N) is 2. The zero-order valence-electron chi connectivity index (χ0n) is 14.1. The minimum atomic E-state index is -1.12. The van der Waals surface area contributed by atoms with Crippen LogP contribution in [0.2, 0.25) is 0 Å². The first-order valence-corrected chi connectivity index (χ1v) is 9.44. The Morgan fingerprint density at radius 3 is 2.46 bits per heavy atom. The molecule has 28 heavy (non-hydrogen) atoms. The molecule has 7 nitrogen and oxygen atoms in total. The van der Waals surface area contributed by atoms with Crippen molar-refractivity contribution in [2.24, 2.45) is 10.8 Å². The molecule has 3 rings (SSSR count). The standard InChI is InChI=1S/C19H13Br2N3O4/c20-13-8-11(16(25)15(21)17(13)26)9-23-18(27)19(28)24(22)14-7-3-5-10-4-1-2-6-12(10)14/h1-9,25-26H,22H2. The second-order valence-corrected chi connectivity index (χ2v) is 7.34. The molecule has 9 heteroatoms. The molecule has 0 bridgehead atoms. The highest BCUT2D eigenvalue weighted by Gasteiger charge is 2.22. The number of rotatable bonds is 2. The number of halogens is 2. The van der Waals surface area contributed by atoms with Crippen molar-refractivity contribution in [3.8, 4) is 11.5 Å². The summed E-state index contributed by atoms with van der Waals surface area (Å²) in [5, 5.41) is 22.0. The van der Waals surface area contributed by atoms with Crippen molar-refractivity contribution < 1.29 is 19.8 Å². The molecule has 4 N–H and O–H groups in total. The summed E-state index contributed by atoms with van der Waals surface area (Å²) in [6.45, 7) is 0. The average molecular weight is 507 g/mol. The number of benzene rings is 3. The molecule has 0 saturated heterocycles. The van der Waals surface area contributed by atoms with Crippen LogP contribution in [0.3, 0.4) is 0 Å². The first-order valence-electron chi connectivity index (χ1n) is 7.86. The van der Waals surface area contributed by atoms with E-state index in [0.29, 0.717) is 11.1 Å². The lowest BCUT2D eigenvalue weighted by Crippen LogP contribution is -2.41. The smallest absolute Gasteiger partial charge is 0.336 e. The van der Waals surface area contributed by atoms with Crippen LogP contribution in [0.1, 0.15) is 5.56 Å². The molecule has 0 heterocycles. The minimum absolute atomic E-state index is 0.0262. The van der Waals surface area contributed by atoms with Gasteiger partial charge >= 0.3 is 11.8 Å². The van der Waals surface area contributed by atoms with Gasteiger partial charge in [0.25, 0.3) is 0 Å². The number of carbonyl (C=O) groups is 2. The molecular weight excluding hydrogens is 494 g/mol. The number of hydrogen-bond acceptors (Lipinski definition) is 5. The molecule has 0 atom stereocenters. The van der Waals surface area contributed by atoms with Crippen molar-refractivity contribution in [1.82, 2.24) is 0 Å². The molecule has 142 valence electrons. The van der Waals surface area contributed by atoms with E-state index in [4.69, 9.17) is 5.84 Å². The van der Waals surface area contributed by atoms with Crippen molar-refractivity contribution >= 4 is 66.3 Å². The SMILES string of the molecule is NN(C(=O)C(=O)N=Cc1cc(Br)c(O)c(Br)c1O)c1cccc2ccccc12. The number of anilines is 1. The third-order valence-corrected chi connectivity index (χ3v) is 5.30. The van der Waals surface area contributed by atoms with Crippen molar-refractivity contribution in [3.63, 3.8) is 0 Å². The van der Waals surface area contributed by atoms with E-state index in [1.807, 2.05) is 18.2 Å². The maximum atomic E-state index is 12.4. The summed E-state index contributed by atoms with van der Waals surface area (Å²) in [5.74, 6) is 3.17. The van der Waals surface area contributed by atoms with Gasteiger partial charge in [0.2, 0.25) is 0 Å². The van der Waals surface area contributed by atoms with Crippen molar-refractivity contribution in [3.05, 3.63) is 63.0 Å². The molecule has 0 aliphatic carbocycles. The average Bonchev–Trinajstić information content (AvgIpc) is 2.72. The van der Waals surface area contributed by atoms with Crippen LogP contribution >= 0.6 is 31.9 Å². The summed E-state index contributed by atoms with van der Waals surface area (Å²) in [7, 11) is 0. The Labute approximate surface area is 176 Å². The fraction of sp³-hybridized carbons (Fsp3) is 0. The van der Waals surface area contributed by atoms with Crippen molar-refractivity contribution in [1.29, 1.82) is 0 Å². The Morgan fingerprint density at radius 1 is 1.04 bits per heavy atom. The number of phenols is 2. The Morgan fingerprint density at radius 2 is 1.71 bits per heavy atom. The number of hydrazine groups is 1. The van der Waals surface area contributed by atoms with Gasteiger partial charge in [-0.2, -0.15) is 0 Å². The normalized spacial score (nSPS) is 11.1. The molecule has 2 amide bonds. The van der Waals surface area contributed by atoms with Gasteiger partial charge in [-0.1, -0.05) is 36.4 Å². The number of fused-ring (bicyclic) bond motifs is 1. The fourth-order valence-corrected chi connectivity index (χ4v) is 3.68. The summed E-state index contributed by atoms with van der Waals surface area (Å²) in [6, 6.07) is 13.9. The maximum Gasteiger partial charge on any atom is 0.336 e. The van der Waals surface area contributed by atoms with Crippen molar-refractivity contribution in [2.45, 2.75) is 0 Å². The van der Waals surface area contributed by atoms with Crippen LogP contribution in [0.5, 0.6) is 11.5 Å². The van der Waals surface area contributed by atoms with Crippen LogP contribution in [-0.2, 0) is 9.59 Å². The predicted molar refractivity (Wildman–Crippen MR) is 113 cm³/mol. The van der Waals surface area contributed by atoms with E-state index in [-0.39, 0.29) is 26.0 Å². The molecule has 0 radical (unpaired) electrons. The number of carbonyl (C=O) groups excluding carboxylic acids is 2. The second-order valence-electron chi connectivity index (χ2n) is 5.70. The molecule has 0 aromatic heterocycles. The van der Waals surface area contributed by atoms with Gasteiger partial charge in [-0.15, -0.1) is 0 Å². The van der Waals surface area contributed by atoms with Crippen LogP contribution in [0.15, 0.2) is 62.5 Å². The fourth-order valence-electron chi connectivity index (χ4n) is 2.53. The first kappa shape index (κ1) is 20.0. The van der Waals surface area contributed by atoms with Gasteiger partial charge in [0.15, 0.2) is 0 Å². The number of nitrogens with two attached hydrogens (primary N) is 1. The van der Waals surface area contributed by atoms with Crippen LogP contribution < -0.4 is 10.9 Å². The number of aliphatic imine (C=N–C) groups is 1. The second kappa shape index (κ2) is 8.09. The van der Waals surface area contributed by atoms with E-state index in [1.54, 1.807) is 24.3 Å². The molecular formula is C19H13Br2N3O4. The Balaban J connectivity index is 1.87. The highest BCUT2D eigenvalue weighted by molar-refractivity contribution is 9.11. The summed E-state index contributed by atoms with van der Waals surface area (Å²) in [4.78, 5) is 28.2. The van der Waals surface area contributed by atoms with Crippen molar-refractivity contribution in [2.75, 3.05) is 5.01 Å². The third kappa shape index (κ3) is 3.77. The highest BCUT2D eigenvalue weighted by atomic mass is 79.9. The van der Waals surface area contributed by atoms with E-state index in [2.05, 4.69) is 36.9 Å². The lowest BCUT2D eigenvalue weighted by molar-refractivity contribution is -0.135. The van der Waals surface area contributed by atoms with Crippen LogP contribution in [-0.4, -0.2) is 28.2 Å². The summed E-state index contributed by atoms with van der Waals surface area (Å²) in [5.41, 5.74) is 0.482. The van der Waals surface area contributed by atoms with E-state index < -0.39 is 11.8 Å². The molecule has 0 aliphatic heterocycles. The first-order chi connectivity index (χ1) is 13.3. The van der Waals surface area contributed by atoms with E-state index in [0.717, 1.165) is 16.6 Å². The zero-order chi connectivity index (χ0) is 20.4. The maximum absolute atomic E-state index is 12.4. The summed E-state index contributed by atoms with van der Waals surface area (Å²) >= 11 is 6.13. The summed E-state index contributed by atoms with van der Waals surface area (Å²) < 4.78 is 0.298. The van der Waals surface area contributed by atoms with Gasteiger partial charge in [0, 0.05) is 17.2 Å². The van der Waals surface area contributed by atoms with E-state index in [9.17, 15) is 19.8 Å². The van der Waals surface area contributed by atoms with E-state index >= 15 is 0 Å². The summed E-state index contributed by atoms with van der Waals surface area (Å²) in [6.07, 6.45) is 1.02. The van der Waals surface area contributed by atoms with Gasteiger partial charge in [0.1, 0.15) is 16.0 Å². The predicted octanol–water partition coefficient (Wildman–Crippen LogP) is 3.63. The van der Waals surface area contributed by atoms with Gasteiger partial charge < -0.3 is 10.2 Å². The Bertz CT molecular complexity index is 1130. The molecule has 0 saturated carbocycles. The molecule has 0 spiro atoms. The quantitative estimate of drug-likeness (QED) is 0.161. The molecule has 0 fully saturated rings. The zero-order valence-corrected chi connectivity index (χ0v) is 17.3. The van der Waals surface area contributed by atoms with Crippen LogP contribution in [0.25, 0.3) is 10.8 Å². The lowest BCUT2D eigenvalue weighted by Gasteiger charge is -2.16. The van der Waals surface area contributed by atoms with Gasteiger partial charge in [-0.05, 0) is 49.4 Å². The number of amides is 2. The minimum Gasteiger partial charge on any atom is -0.506 e. The monoisotopic (exact) mass is 505 g/mol. The largest absolute Gasteiger partial charge is 0.506 e. The molecule has 0 aliphatic rings. The Kier molecular flexibility index (Phi) is 5.78. The molecule has 3 aromatic carbocycles. The van der Waals surface area contributed by atoms with Crippen LogP contribution in [0, 0.1) is 0 Å². The molecule has 0 unspecified atom stereocenters. The number of aromatic hydroxyl groups is 2. The Hall–Kier alpha value is -2.75. The highest BCUT2D eigenvalue weighted by Crippen LogP contribution is 2.40. The number of phenolic OH excluding ortho intramolecular Hbond substituents is 2. The number of hydrogen-bond donors (Lipinski definition) is 3. The van der Waals surface area contributed by atoms with E-state index in [1.165, 1.54) is 6.07 Å². The van der Waals surface area contributed by atoms with Gasteiger partial charge in [-0.3, -0.25) is 9.59 Å². The van der Waals surface area contributed by atoms with Gasteiger partial charge in [0.05, 0.1) is 10.2 Å². The topological polar surface area (TPSA) is 116 Å². The third-order valence-electron chi connectivity index (χ3n) is 3.95. The van der Waals surface area contributed by atoms with Crippen LogP contribution in [0.4, 0.5) is 5.69 Å². The van der Waals surface area contributed by atoms with Gasteiger partial charge in [-0.25, -0.2) is 15.8 Å². The lowest BCUT2D eigenvalue weighted by atomic mass is 10.1. The molecule has 3 aromatic rings.